The highest BCUT2D eigenvalue weighted by molar-refractivity contribution is 5.93. The highest BCUT2D eigenvalue weighted by atomic mass is 16.4. The average Bonchev–Trinajstić information content (AvgIpc) is 3.10. The summed E-state index contributed by atoms with van der Waals surface area (Å²) in [6, 6.07) is 5.28. The molecule has 2 amide bonds. The summed E-state index contributed by atoms with van der Waals surface area (Å²) >= 11 is 0. The van der Waals surface area contributed by atoms with Gasteiger partial charge in [-0.15, -0.1) is 0 Å². The molecule has 3 rings (SSSR count). The number of aliphatic carboxylic acids is 1. The van der Waals surface area contributed by atoms with E-state index in [-0.39, 0.29) is 17.9 Å². The van der Waals surface area contributed by atoms with Crippen LogP contribution in [0.3, 0.4) is 0 Å². The molecular weight excluding hydrogens is 398 g/mol. The number of carbonyl (C=O) groups is 3. The van der Waals surface area contributed by atoms with Crippen molar-refractivity contribution in [1.82, 2.24) is 20.9 Å². The Bertz CT molecular complexity index is 970. The van der Waals surface area contributed by atoms with Gasteiger partial charge in [-0.2, -0.15) is 0 Å². The molecule has 31 heavy (non-hydrogen) atoms. The zero-order valence-corrected chi connectivity index (χ0v) is 18.1. The minimum atomic E-state index is -1.13. The summed E-state index contributed by atoms with van der Waals surface area (Å²) in [5.74, 6) is -1.81. The number of nitrogens with two attached hydrogens (primary N) is 1. The zero-order valence-electron chi connectivity index (χ0n) is 18.1. The van der Waals surface area contributed by atoms with E-state index >= 15 is 0 Å². The molecular formula is C22H31N5O4. The van der Waals surface area contributed by atoms with Crippen molar-refractivity contribution in [3.8, 4) is 0 Å². The maximum Gasteiger partial charge on any atom is 0.325 e. The van der Waals surface area contributed by atoms with Gasteiger partial charge in [0.05, 0.1) is 12.1 Å². The molecule has 7 N–H and O–H groups in total. The fourth-order valence-corrected chi connectivity index (χ4v) is 4.03. The Labute approximate surface area is 181 Å². The molecule has 0 spiro atoms. The van der Waals surface area contributed by atoms with Gasteiger partial charge in [0.2, 0.25) is 11.8 Å². The number of rotatable bonds is 8. The molecule has 1 aromatic carbocycles. The van der Waals surface area contributed by atoms with Crippen LogP contribution in [0.2, 0.25) is 0 Å². The zero-order chi connectivity index (χ0) is 22.7. The van der Waals surface area contributed by atoms with Crippen LogP contribution in [0, 0.1) is 5.92 Å². The van der Waals surface area contributed by atoms with Gasteiger partial charge in [0.1, 0.15) is 12.1 Å². The van der Waals surface area contributed by atoms with Crippen molar-refractivity contribution >= 4 is 28.7 Å². The number of carbonyl (C=O) groups excluding carboxylic acids is 2. The molecule has 1 aliphatic rings. The Balaban J connectivity index is 1.78. The van der Waals surface area contributed by atoms with E-state index in [1.165, 1.54) is 6.92 Å². The standard InChI is InChI=1S/C22H31N5O4/c1-11(2)8-16(20(28)24-12(3)22(30)31)27-21(29)17-9-14-13-6-4-5-7-15(13)26-19(14)18(10-23)25-17/h4-7,11-12,16-18,25-26H,8-10,23H2,1-3H3,(H,24,28)(H,27,29)(H,30,31)/t12-,16-,17?,18?/m0/s1. The number of nitrogens with one attached hydrogen (secondary N) is 4. The Kier molecular flexibility index (Phi) is 6.97. The lowest BCUT2D eigenvalue weighted by Crippen LogP contribution is -2.57. The molecule has 0 aliphatic carbocycles. The predicted molar refractivity (Wildman–Crippen MR) is 117 cm³/mol. The van der Waals surface area contributed by atoms with E-state index in [0.717, 1.165) is 22.2 Å². The van der Waals surface area contributed by atoms with E-state index in [2.05, 4.69) is 20.9 Å². The third kappa shape index (κ3) is 5.05. The number of aromatic amines is 1. The van der Waals surface area contributed by atoms with Crippen molar-refractivity contribution in [3.63, 3.8) is 0 Å². The molecule has 9 nitrogen and oxygen atoms in total. The number of aromatic nitrogens is 1. The van der Waals surface area contributed by atoms with Crippen molar-refractivity contribution in [2.75, 3.05) is 6.54 Å². The van der Waals surface area contributed by atoms with Crippen LogP contribution in [-0.4, -0.2) is 52.5 Å². The number of carboxylic acid groups (broad SMARTS) is 1. The molecule has 4 atom stereocenters. The Morgan fingerprint density at radius 2 is 1.90 bits per heavy atom. The first-order valence-corrected chi connectivity index (χ1v) is 10.6. The van der Waals surface area contributed by atoms with Crippen molar-refractivity contribution < 1.29 is 19.5 Å². The number of carboxylic acids is 1. The smallest absolute Gasteiger partial charge is 0.325 e. The molecule has 1 aliphatic heterocycles. The van der Waals surface area contributed by atoms with Crippen LogP contribution < -0.4 is 21.7 Å². The third-order valence-electron chi connectivity index (χ3n) is 5.63. The van der Waals surface area contributed by atoms with Gasteiger partial charge in [0.25, 0.3) is 0 Å². The first-order chi connectivity index (χ1) is 14.7. The van der Waals surface area contributed by atoms with Crippen molar-refractivity contribution in [1.29, 1.82) is 0 Å². The van der Waals surface area contributed by atoms with Crippen LogP contribution in [0.4, 0.5) is 0 Å². The molecule has 0 fully saturated rings. The van der Waals surface area contributed by atoms with Gasteiger partial charge in [-0.1, -0.05) is 32.0 Å². The van der Waals surface area contributed by atoms with Gasteiger partial charge in [-0.05, 0) is 37.3 Å². The van der Waals surface area contributed by atoms with E-state index < -0.39 is 30.0 Å². The molecule has 2 aromatic rings. The summed E-state index contributed by atoms with van der Waals surface area (Å²) in [5, 5.41) is 18.7. The SMILES string of the molecule is CC(C)C[C@H](NC(=O)C1Cc2c([nH]c3ccccc23)C(CN)N1)C(=O)N[C@@H](C)C(=O)O. The van der Waals surface area contributed by atoms with Crippen molar-refractivity contribution in [2.45, 2.75) is 57.8 Å². The second-order valence-corrected chi connectivity index (χ2v) is 8.53. The third-order valence-corrected chi connectivity index (χ3v) is 5.63. The van der Waals surface area contributed by atoms with Crippen LogP contribution in [0.25, 0.3) is 10.9 Å². The lowest BCUT2D eigenvalue weighted by Gasteiger charge is -2.31. The van der Waals surface area contributed by atoms with Crippen LogP contribution in [0.1, 0.15) is 44.5 Å². The van der Waals surface area contributed by atoms with Gasteiger partial charge in [0.15, 0.2) is 0 Å². The number of fused-ring (bicyclic) bond motifs is 3. The van der Waals surface area contributed by atoms with Crippen LogP contribution >= 0.6 is 0 Å². The van der Waals surface area contributed by atoms with Gasteiger partial charge in [-0.25, -0.2) is 0 Å². The summed E-state index contributed by atoms with van der Waals surface area (Å²) in [7, 11) is 0. The number of amides is 2. The Morgan fingerprint density at radius 1 is 1.19 bits per heavy atom. The molecule has 1 aromatic heterocycles. The fourth-order valence-electron chi connectivity index (χ4n) is 4.03. The molecule has 2 heterocycles. The first-order valence-electron chi connectivity index (χ1n) is 10.6. The van der Waals surface area contributed by atoms with E-state index in [9.17, 15) is 14.4 Å². The molecule has 0 radical (unpaired) electrons. The number of hydrogen-bond acceptors (Lipinski definition) is 5. The number of hydrogen-bond donors (Lipinski definition) is 6. The van der Waals surface area contributed by atoms with Crippen LogP contribution in [0.5, 0.6) is 0 Å². The van der Waals surface area contributed by atoms with Crippen LogP contribution in [0.15, 0.2) is 24.3 Å². The number of H-pyrrole nitrogens is 1. The maximum absolute atomic E-state index is 13.1. The summed E-state index contributed by atoms with van der Waals surface area (Å²) in [5.41, 5.74) is 9.00. The maximum atomic E-state index is 13.1. The summed E-state index contributed by atoms with van der Waals surface area (Å²) < 4.78 is 0. The van der Waals surface area contributed by atoms with Gasteiger partial charge < -0.3 is 26.5 Å². The number of para-hydroxylation sites is 1. The molecule has 2 unspecified atom stereocenters. The lowest BCUT2D eigenvalue weighted by molar-refractivity contribution is -0.141. The molecule has 0 saturated heterocycles. The van der Waals surface area contributed by atoms with Gasteiger partial charge >= 0.3 is 5.97 Å². The van der Waals surface area contributed by atoms with E-state index in [4.69, 9.17) is 10.8 Å². The summed E-state index contributed by atoms with van der Waals surface area (Å²) in [6.45, 7) is 5.58. The topological polar surface area (TPSA) is 149 Å². The highest BCUT2D eigenvalue weighted by Gasteiger charge is 2.34. The van der Waals surface area contributed by atoms with Crippen molar-refractivity contribution in [2.24, 2.45) is 11.7 Å². The summed E-state index contributed by atoms with van der Waals surface area (Å²) in [6.07, 6.45) is 0.860. The number of benzene rings is 1. The fraction of sp³-hybridized carbons (Fsp3) is 0.500. The Hall–Kier alpha value is -2.91. The Morgan fingerprint density at radius 3 is 2.55 bits per heavy atom. The van der Waals surface area contributed by atoms with Gasteiger partial charge in [0, 0.05) is 23.1 Å². The predicted octanol–water partition coefficient (Wildman–Crippen LogP) is 0.802. The van der Waals surface area contributed by atoms with E-state index in [0.29, 0.717) is 19.4 Å². The highest BCUT2D eigenvalue weighted by Crippen LogP contribution is 2.31. The second kappa shape index (κ2) is 9.49. The first kappa shape index (κ1) is 22.8. The normalized spacial score (nSPS) is 20.2. The van der Waals surface area contributed by atoms with E-state index in [1.54, 1.807) is 0 Å². The molecule has 9 heteroatoms. The van der Waals surface area contributed by atoms with Crippen LogP contribution in [-0.2, 0) is 20.8 Å². The quantitative estimate of drug-likeness (QED) is 0.365. The monoisotopic (exact) mass is 429 g/mol. The largest absolute Gasteiger partial charge is 0.480 e. The minimum absolute atomic E-state index is 0.132. The van der Waals surface area contributed by atoms with E-state index in [1.807, 2.05) is 38.1 Å². The minimum Gasteiger partial charge on any atom is -0.480 e. The van der Waals surface area contributed by atoms with Crippen molar-refractivity contribution in [3.05, 3.63) is 35.5 Å². The summed E-state index contributed by atoms with van der Waals surface area (Å²) in [4.78, 5) is 40.2. The second-order valence-electron chi connectivity index (χ2n) is 8.53. The molecule has 0 saturated carbocycles. The molecule has 0 bridgehead atoms. The average molecular weight is 430 g/mol. The lowest BCUT2D eigenvalue weighted by atomic mass is 9.93. The van der Waals surface area contributed by atoms with Gasteiger partial charge in [-0.3, -0.25) is 19.7 Å². The molecule has 168 valence electrons.